The fraction of sp³-hybridized carbons (Fsp3) is 0.154. The van der Waals surface area contributed by atoms with Crippen molar-refractivity contribution in [1.29, 1.82) is 0 Å². The van der Waals surface area contributed by atoms with Crippen LogP contribution in [-0.2, 0) is 0 Å². The lowest BCUT2D eigenvalue weighted by Crippen LogP contribution is -2.10. The van der Waals surface area contributed by atoms with E-state index in [0.29, 0.717) is 11.3 Å². The van der Waals surface area contributed by atoms with Gasteiger partial charge in [0.1, 0.15) is 5.75 Å². The van der Waals surface area contributed by atoms with Crippen LogP contribution in [0.4, 0.5) is 5.69 Å². The van der Waals surface area contributed by atoms with Gasteiger partial charge in [0.05, 0.1) is 25.5 Å². The van der Waals surface area contributed by atoms with Crippen molar-refractivity contribution in [3.63, 3.8) is 0 Å². The summed E-state index contributed by atoms with van der Waals surface area (Å²) in [6.45, 7) is 0. The van der Waals surface area contributed by atoms with Gasteiger partial charge in [0, 0.05) is 12.4 Å². The predicted octanol–water partition coefficient (Wildman–Crippen LogP) is 1.31. The number of nitrogen functional groups attached to an aromatic ring is 1. The molecule has 0 saturated carbocycles. The summed E-state index contributed by atoms with van der Waals surface area (Å²) in [7, 11) is 2.92. The van der Waals surface area contributed by atoms with Crippen LogP contribution in [0.3, 0.4) is 0 Å². The Labute approximate surface area is 110 Å². The zero-order valence-corrected chi connectivity index (χ0v) is 10.6. The van der Waals surface area contributed by atoms with Crippen LogP contribution in [-0.4, -0.2) is 30.0 Å². The number of carbonyl (C=O) groups is 1. The molecule has 1 aromatic heterocycles. The first-order chi connectivity index (χ1) is 9.19. The van der Waals surface area contributed by atoms with Crippen molar-refractivity contribution in [1.82, 2.24) is 9.97 Å². The number of methoxy groups -OCH3 is 2. The number of ether oxygens (including phenoxy) is 2. The average Bonchev–Trinajstić information content (AvgIpc) is 2.46. The highest BCUT2D eigenvalue weighted by atomic mass is 16.5. The molecular formula is C13H13N3O3. The molecule has 0 radical (unpaired) electrons. The van der Waals surface area contributed by atoms with Crippen LogP contribution < -0.4 is 15.2 Å². The molecule has 1 aromatic carbocycles. The molecule has 0 amide bonds. The van der Waals surface area contributed by atoms with Gasteiger partial charge in [-0.2, -0.15) is 0 Å². The summed E-state index contributed by atoms with van der Waals surface area (Å²) in [5, 5.41) is 0. The van der Waals surface area contributed by atoms with Gasteiger partial charge >= 0.3 is 0 Å². The third-order valence-electron chi connectivity index (χ3n) is 2.60. The largest absolute Gasteiger partial charge is 0.495 e. The van der Waals surface area contributed by atoms with Crippen LogP contribution >= 0.6 is 0 Å². The Hall–Kier alpha value is -2.63. The van der Waals surface area contributed by atoms with Gasteiger partial charge in [-0.1, -0.05) is 6.07 Å². The second-order valence-electron chi connectivity index (χ2n) is 3.66. The third-order valence-corrected chi connectivity index (χ3v) is 2.60. The third kappa shape index (κ3) is 2.33. The number of ketones is 1. The Morgan fingerprint density at radius 1 is 1.16 bits per heavy atom. The molecule has 2 rings (SSSR count). The van der Waals surface area contributed by atoms with Gasteiger partial charge < -0.3 is 15.2 Å². The first kappa shape index (κ1) is 12.8. The number of carbonyl (C=O) groups excluding carboxylic acids is 1. The highest BCUT2D eigenvalue weighted by Crippen LogP contribution is 2.27. The molecule has 0 aliphatic rings. The standard InChI is InChI=1S/C13H13N3O3/c1-18-9-5-3-4-8(10(9)14)12(17)11-13(19-2)16-7-6-15-11/h3-7H,14H2,1-2H3. The molecule has 6 nitrogen and oxygen atoms in total. The Morgan fingerprint density at radius 3 is 2.58 bits per heavy atom. The topological polar surface area (TPSA) is 87.3 Å². The van der Waals surface area contributed by atoms with Crippen LogP contribution in [0.5, 0.6) is 11.6 Å². The van der Waals surface area contributed by atoms with Crippen LogP contribution in [0.25, 0.3) is 0 Å². The molecule has 0 aliphatic heterocycles. The second-order valence-corrected chi connectivity index (χ2v) is 3.66. The molecule has 0 saturated heterocycles. The minimum absolute atomic E-state index is 0.116. The van der Waals surface area contributed by atoms with Gasteiger partial charge in [-0.3, -0.25) is 4.79 Å². The number of hydrogen-bond acceptors (Lipinski definition) is 6. The van der Waals surface area contributed by atoms with Crippen LogP contribution in [0.1, 0.15) is 16.1 Å². The molecule has 0 fully saturated rings. The molecule has 0 atom stereocenters. The van der Waals surface area contributed by atoms with Gasteiger partial charge in [0.2, 0.25) is 11.7 Å². The summed E-state index contributed by atoms with van der Waals surface area (Å²) in [4.78, 5) is 20.3. The average molecular weight is 259 g/mol. The summed E-state index contributed by atoms with van der Waals surface area (Å²) in [5.74, 6) is 0.241. The summed E-state index contributed by atoms with van der Waals surface area (Å²) < 4.78 is 10.1. The van der Waals surface area contributed by atoms with E-state index in [0.717, 1.165) is 0 Å². The molecule has 2 N–H and O–H groups in total. The normalized spacial score (nSPS) is 10.0. The number of para-hydroxylation sites is 1. The SMILES string of the molecule is COc1cccc(C(=O)c2nccnc2OC)c1N. The Bertz CT molecular complexity index is 614. The molecule has 0 aliphatic carbocycles. The Kier molecular flexibility index (Phi) is 3.61. The van der Waals surface area contributed by atoms with Crippen molar-refractivity contribution in [2.75, 3.05) is 20.0 Å². The maximum atomic E-state index is 12.4. The molecule has 0 spiro atoms. The van der Waals surface area contributed by atoms with Crippen molar-refractivity contribution in [2.24, 2.45) is 0 Å². The number of hydrogen-bond donors (Lipinski definition) is 1. The van der Waals surface area contributed by atoms with E-state index in [1.165, 1.54) is 26.6 Å². The molecule has 1 heterocycles. The smallest absolute Gasteiger partial charge is 0.243 e. The maximum Gasteiger partial charge on any atom is 0.243 e. The Morgan fingerprint density at radius 2 is 1.89 bits per heavy atom. The predicted molar refractivity (Wildman–Crippen MR) is 69.4 cm³/mol. The minimum Gasteiger partial charge on any atom is -0.495 e. The fourth-order valence-corrected chi connectivity index (χ4v) is 1.68. The minimum atomic E-state index is -0.360. The maximum absolute atomic E-state index is 12.4. The highest BCUT2D eigenvalue weighted by Gasteiger charge is 2.20. The molecule has 19 heavy (non-hydrogen) atoms. The van der Waals surface area contributed by atoms with E-state index in [4.69, 9.17) is 15.2 Å². The summed E-state index contributed by atoms with van der Waals surface area (Å²) in [5.41, 5.74) is 6.57. The van der Waals surface area contributed by atoms with E-state index in [-0.39, 0.29) is 23.0 Å². The van der Waals surface area contributed by atoms with E-state index in [1.54, 1.807) is 18.2 Å². The van der Waals surface area contributed by atoms with Crippen LogP contribution in [0.15, 0.2) is 30.6 Å². The highest BCUT2D eigenvalue weighted by molar-refractivity contribution is 6.12. The van der Waals surface area contributed by atoms with E-state index in [2.05, 4.69) is 9.97 Å². The second kappa shape index (κ2) is 5.34. The lowest BCUT2D eigenvalue weighted by atomic mass is 10.1. The molecular weight excluding hydrogens is 246 g/mol. The lowest BCUT2D eigenvalue weighted by Gasteiger charge is -2.09. The first-order valence-corrected chi connectivity index (χ1v) is 5.51. The quantitative estimate of drug-likeness (QED) is 0.658. The van der Waals surface area contributed by atoms with Gasteiger partial charge in [-0.15, -0.1) is 0 Å². The monoisotopic (exact) mass is 259 g/mol. The molecule has 2 aromatic rings. The van der Waals surface area contributed by atoms with Crippen molar-refractivity contribution in [2.45, 2.75) is 0 Å². The summed E-state index contributed by atoms with van der Waals surface area (Å²) in [6, 6.07) is 4.97. The zero-order chi connectivity index (χ0) is 13.8. The van der Waals surface area contributed by atoms with Crippen LogP contribution in [0.2, 0.25) is 0 Å². The summed E-state index contributed by atoms with van der Waals surface area (Å²) >= 11 is 0. The van der Waals surface area contributed by atoms with E-state index in [1.807, 2.05) is 0 Å². The van der Waals surface area contributed by atoms with Crippen molar-refractivity contribution >= 4 is 11.5 Å². The number of anilines is 1. The van der Waals surface area contributed by atoms with Gasteiger partial charge in [0.25, 0.3) is 0 Å². The molecule has 0 unspecified atom stereocenters. The van der Waals surface area contributed by atoms with Gasteiger partial charge in [-0.25, -0.2) is 9.97 Å². The van der Waals surface area contributed by atoms with Crippen molar-refractivity contribution in [3.05, 3.63) is 41.9 Å². The number of benzene rings is 1. The number of nitrogens with two attached hydrogens (primary N) is 1. The van der Waals surface area contributed by atoms with Gasteiger partial charge in [0.15, 0.2) is 5.69 Å². The van der Waals surface area contributed by atoms with E-state index in [9.17, 15) is 4.79 Å². The Balaban J connectivity index is 2.50. The number of aromatic nitrogens is 2. The summed E-state index contributed by atoms with van der Waals surface area (Å²) in [6.07, 6.45) is 2.87. The molecule has 0 bridgehead atoms. The van der Waals surface area contributed by atoms with E-state index >= 15 is 0 Å². The fourth-order valence-electron chi connectivity index (χ4n) is 1.68. The lowest BCUT2D eigenvalue weighted by molar-refractivity contribution is 0.103. The zero-order valence-electron chi connectivity index (χ0n) is 10.6. The number of nitrogens with zero attached hydrogens (tertiary/aromatic N) is 2. The van der Waals surface area contributed by atoms with Crippen molar-refractivity contribution < 1.29 is 14.3 Å². The van der Waals surface area contributed by atoms with Crippen LogP contribution in [0, 0.1) is 0 Å². The first-order valence-electron chi connectivity index (χ1n) is 5.51. The molecule has 98 valence electrons. The number of rotatable bonds is 4. The van der Waals surface area contributed by atoms with Gasteiger partial charge in [-0.05, 0) is 12.1 Å². The van der Waals surface area contributed by atoms with Crippen molar-refractivity contribution in [3.8, 4) is 11.6 Å². The molecule has 6 heteroatoms. The van der Waals surface area contributed by atoms with E-state index < -0.39 is 0 Å².